The molecule has 0 saturated carbocycles. The van der Waals surface area contributed by atoms with E-state index in [9.17, 15) is 17.6 Å². The standard InChI is InChI=1S/C31H25FN4O5S2/c1-33-30(37)27-21-14-20(28-31(40-3)34-16-22(35-28)26-13-18-7-5-6-8-25(18)42-26)23(36(2)43(4,38)39)15-24(21)41-29(27)17-9-11-19(32)12-10-17/h5-16H,1-4H3,(H,33,37). The first-order chi connectivity index (χ1) is 20.6. The van der Waals surface area contributed by atoms with Gasteiger partial charge in [0.25, 0.3) is 5.91 Å². The third-order valence-electron chi connectivity index (χ3n) is 7.07. The molecule has 0 aliphatic carbocycles. The fraction of sp³-hybridized carbons (Fsp3) is 0.129. The number of nitrogens with zero attached hydrogens (tertiary/aromatic N) is 3. The van der Waals surface area contributed by atoms with Crippen LogP contribution in [0.15, 0.2) is 77.3 Å². The summed E-state index contributed by atoms with van der Waals surface area (Å²) in [4.78, 5) is 23.5. The van der Waals surface area contributed by atoms with Crippen LogP contribution in [0.1, 0.15) is 10.4 Å². The van der Waals surface area contributed by atoms with Crippen molar-refractivity contribution in [3.8, 4) is 39.0 Å². The number of nitrogens with one attached hydrogen (secondary N) is 1. The Balaban J connectivity index is 1.65. The number of hydrogen-bond acceptors (Lipinski definition) is 8. The van der Waals surface area contributed by atoms with E-state index in [0.29, 0.717) is 22.2 Å². The molecule has 218 valence electrons. The van der Waals surface area contributed by atoms with Crippen molar-refractivity contribution in [3.05, 3.63) is 84.3 Å². The van der Waals surface area contributed by atoms with Crippen LogP contribution in [-0.4, -0.2) is 51.8 Å². The van der Waals surface area contributed by atoms with Crippen molar-refractivity contribution in [2.45, 2.75) is 0 Å². The van der Waals surface area contributed by atoms with Crippen molar-refractivity contribution in [3.63, 3.8) is 0 Å². The average Bonchev–Trinajstić information content (AvgIpc) is 3.61. The number of hydrogen-bond donors (Lipinski definition) is 1. The molecule has 0 radical (unpaired) electrons. The molecule has 0 bridgehead atoms. The van der Waals surface area contributed by atoms with Crippen LogP contribution in [-0.2, 0) is 10.0 Å². The van der Waals surface area contributed by atoms with Gasteiger partial charge in [0, 0.05) is 41.4 Å². The quantitative estimate of drug-likeness (QED) is 0.223. The average molecular weight is 617 g/mol. The molecule has 6 aromatic rings. The maximum Gasteiger partial charge on any atom is 0.255 e. The molecule has 0 atom stereocenters. The Morgan fingerprint density at radius 1 is 1.09 bits per heavy atom. The Bertz CT molecular complexity index is 2110. The van der Waals surface area contributed by atoms with Crippen LogP contribution in [0.4, 0.5) is 10.1 Å². The van der Waals surface area contributed by atoms with Crippen LogP contribution < -0.4 is 14.4 Å². The molecule has 1 N–H and O–H groups in total. The van der Waals surface area contributed by atoms with E-state index in [0.717, 1.165) is 25.5 Å². The van der Waals surface area contributed by atoms with Gasteiger partial charge in [-0.1, -0.05) is 18.2 Å². The third kappa shape index (κ3) is 5.08. The van der Waals surface area contributed by atoms with E-state index in [1.165, 1.54) is 45.5 Å². The van der Waals surface area contributed by atoms with Gasteiger partial charge in [-0.15, -0.1) is 11.3 Å². The lowest BCUT2D eigenvalue weighted by molar-refractivity contribution is 0.0964. The molecular formula is C31H25FN4O5S2. The second kappa shape index (κ2) is 10.8. The Morgan fingerprint density at radius 3 is 2.51 bits per heavy atom. The molecule has 9 nitrogen and oxygen atoms in total. The van der Waals surface area contributed by atoms with Crippen molar-refractivity contribution in [1.82, 2.24) is 15.3 Å². The predicted octanol–water partition coefficient (Wildman–Crippen LogP) is 6.34. The molecule has 0 aliphatic rings. The fourth-order valence-electron chi connectivity index (χ4n) is 4.85. The van der Waals surface area contributed by atoms with Gasteiger partial charge in [0.15, 0.2) is 0 Å². The van der Waals surface area contributed by atoms with E-state index in [-0.39, 0.29) is 34.2 Å². The lowest BCUT2D eigenvalue weighted by Gasteiger charge is -2.21. The Labute approximate surface area is 250 Å². The smallest absolute Gasteiger partial charge is 0.255 e. The monoisotopic (exact) mass is 616 g/mol. The molecule has 0 saturated heterocycles. The molecule has 3 aromatic heterocycles. The SMILES string of the molecule is CNC(=O)c1c(-c2ccc(F)cc2)oc2cc(N(C)S(C)(=O)=O)c(-c3nc(-c4cc5ccccc5s4)cnc3OC)cc12. The van der Waals surface area contributed by atoms with Crippen molar-refractivity contribution in [2.24, 2.45) is 0 Å². The van der Waals surface area contributed by atoms with Crippen molar-refractivity contribution >= 4 is 54.0 Å². The first-order valence-corrected chi connectivity index (χ1v) is 15.7. The maximum atomic E-state index is 13.7. The molecule has 3 aromatic carbocycles. The first kappa shape index (κ1) is 28.3. The summed E-state index contributed by atoms with van der Waals surface area (Å²) in [6, 6.07) is 18.7. The lowest BCUT2D eigenvalue weighted by Crippen LogP contribution is -2.25. The van der Waals surface area contributed by atoms with Crippen molar-refractivity contribution < 1.29 is 26.8 Å². The summed E-state index contributed by atoms with van der Waals surface area (Å²) in [6.07, 6.45) is 2.69. The molecule has 0 spiro atoms. The number of anilines is 1. The fourth-order valence-corrected chi connectivity index (χ4v) is 6.37. The van der Waals surface area contributed by atoms with E-state index in [4.69, 9.17) is 14.1 Å². The number of benzene rings is 3. The predicted molar refractivity (Wildman–Crippen MR) is 167 cm³/mol. The number of halogens is 1. The zero-order valence-electron chi connectivity index (χ0n) is 23.5. The van der Waals surface area contributed by atoms with Gasteiger partial charge in [0.05, 0.1) is 41.4 Å². The molecule has 12 heteroatoms. The number of methoxy groups -OCH3 is 1. The number of ether oxygens (including phenoxy) is 1. The van der Waals surface area contributed by atoms with Crippen LogP contribution in [0.25, 0.3) is 54.2 Å². The van der Waals surface area contributed by atoms with E-state index < -0.39 is 21.7 Å². The summed E-state index contributed by atoms with van der Waals surface area (Å²) in [5.41, 5.74) is 2.35. The summed E-state index contributed by atoms with van der Waals surface area (Å²) < 4.78 is 53.3. The number of thiophene rings is 1. The number of carbonyl (C=O) groups is 1. The number of carbonyl (C=O) groups excluding carboxylic acids is 1. The van der Waals surface area contributed by atoms with E-state index >= 15 is 0 Å². The Morgan fingerprint density at radius 2 is 1.84 bits per heavy atom. The molecule has 0 unspecified atom stereocenters. The minimum absolute atomic E-state index is 0.163. The summed E-state index contributed by atoms with van der Waals surface area (Å²) in [6.45, 7) is 0. The number of amides is 1. The highest BCUT2D eigenvalue weighted by Gasteiger charge is 2.28. The largest absolute Gasteiger partial charge is 0.479 e. The van der Waals surface area contributed by atoms with Gasteiger partial charge in [0.1, 0.15) is 22.9 Å². The number of aromatic nitrogens is 2. The first-order valence-electron chi connectivity index (χ1n) is 13.0. The lowest BCUT2D eigenvalue weighted by atomic mass is 10.0. The maximum absolute atomic E-state index is 13.7. The summed E-state index contributed by atoms with van der Waals surface area (Å²) >= 11 is 1.55. The highest BCUT2D eigenvalue weighted by atomic mass is 32.2. The van der Waals surface area contributed by atoms with Gasteiger partial charge in [0.2, 0.25) is 15.9 Å². The van der Waals surface area contributed by atoms with Crippen LogP contribution in [0.2, 0.25) is 0 Å². The Hall–Kier alpha value is -4.81. The Kier molecular flexibility index (Phi) is 7.10. The second-order valence-corrected chi connectivity index (χ2v) is 12.8. The number of fused-ring (bicyclic) bond motifs is 2. The van der Waals surface area contributed by atoms with Gasteiger partial charge < -0.3 is 14.5 Å². The van der Waals surface area contributed by atoms with E-state index in [2.05, 4.69) is 10.3 Å². The number of rotatable bonds is 7. The van der Waals surface area contributed by atoms with Gasteiger partial charge in [-0.3, -0.25) is 9.10 Å². The minimum Gasteiger partial charge on any atom is -0.479 e. The zero-order chi connectivity index (χ0) is 30.5. The molecule has 0 aliphatic heterocycles. The summed E-state index contributed by atoms with van der Waals surface area (Å²) in [5, 5.41) is 4.09. The molecule has 6 rings (SSSR count). The normalized spacial score (nSPS) is 11.7. The van der Waals surface area contributed by atoms with Gasteiger partial charge >= 0.3 is 0 Å². The van der Waals surface area contributed by atoms with Crippen LogP contribution in [0.5, 0.6) is 5.88 Å². The van der Waals surface area contributed by atoms with Gasteiger partial charge in [-0.25, -0.2) is 22.8 Å². The highest BCUT2D eigenvalue weighted by Crippen LogP contribution is 2.43. The summed E-state index contributed by atoms with van der Waals surface area (Å²) in [7, 11) is 0.606. The van der Waals surface area contributed by atoms with E-state index in [1.807, 2.05) is 30.3 Å². The third-order valence-corrected chi connectivity index (χ3v) is 9.40. The van der Waals surface area contributed by atoms with Gasteiger partial charge in [-0.2, -0.15) is 0 Å². The highest BCUT2D eigenvalue weighted by molar-refractivity contribution is 7.92. The zero-order valence-corrected chi connectivity index (χ0v) is 25.1. The molecule has 3 heterocycles. The minimum atomic E-state index is -3.75. The van der Waals surface area contributed by atoms with Crippen LogP contribution in [0, 0.1) is 5.82 Å². The number of sulfonamides is 1. The number of furan rings is 1. The van der Waals surface area contributed by atoms with Crippen molar-refractivity contribution in [2.75, 3.05) is 31.8 Å². The second-order valence-electron chi connectivity index (χ2n) is 9.75. The summed E-state index contributed by atoms with van der Waals surface area (Å²) in [5.74, 6) is -0.511. The molecular weight excluding hydrogens is 591 g/mol. The molecule has 43 heavy (non-hydrogen) atoms. The van der Waals surface area contributed by atoms with Crippen molar-refractivity contribution in [1.29, 1.82) is 0 Å². The van der Waals surface area contributed by atoms with E-state index in [1.54, 1.807) is 29.7 Å². The van der Waals surface area contributed by atoms with Gasteiger partial charge in [-0.05, 0) is 47.9 Å². The molecule has 0 fully saturated rings. The van der Waals surface area contributed by atoms with Crippen LogP contribution in [0.3, 0.4) is 0 Å². The van der Waals surface area contributed by atoms with Crippen LogP contribution >= 0.6 is 11.3 Å². The molecule has 1 amide bonds. The topological polar surface area (TPSA) is 115 Å².